The van der Waals surface area contributed by atoms with Crippen molar-refractivity contribution < 1.29 is 0 Å². The molecule has 0 nitrogen and oxygen atoms in total. The van der Waals surface area contributed by atoms with Crippen molar-refractivity contribution >= 4 is 0 Å². The van der Waals surface area contributed by atoms with Crippen LogP contribution in [0.4, 0.5) is 0 Å². The van der Waals surface area contributed by atoms with Crippen LogP contribution in [0.3, 0.4) is 0 Å². The molecule has 2 fully saturated rings. The quantitative estimate of drug-likeness (QED) is 0.465. The lowest BCUT2D eigenvalue weighted by Crippen LogP contribution is -2.47. The van der Waals surface area contributed by atoms with E-state index >= 15 is 0 Å². The predicted octanol–water partition coefficient (Wildman–Crippen LogP) is 7.56. The molecule has 0 unspecified atom stereocenters. The van der Waals surface area contributed by atoms with Crippen molar-refractivity contribution in [2.24, 2.45) is 40.4 Å². The fraction of sp³-hybridized carbons (Fsp3) is 0.840. The lowest BCUT2D eigenvalue weighted by Gasteiger charge is -2.57. The zero-order valence-corrected chi connectivity index (χ0v) is 17.4. The molecule has 0 saturated heterocycles. The molecule has 0 N–H and O–H groups in total. The van der Waals surface area contributed by atoms with Gasteiger partial charge in [0.15, 0.2) is 0 Å². The van der Waals surface area contributed by atoms with Crippen LogP contribution in [-0.4, -0.2) is 0 Å². The summed E-state index contributed by atoms with van der Waals surface area (Å²) in [5.41, 5.74) is 4.73. The van der Waals surface area contributed by atoms with Crippen LogP contribution in [0.25, 0.3) is 0 Å². The molecule has 0 amide bonds. The molecule has 0 heteroatoms. The third-order valence-corrected chi connectivity index (χ3v) is 9.18. The van der Waals surface area contributed by atoms with Crippen LogP contribution >= 0.6 is 0 Å². The Kier molecular flexibility index (Phi) is 4.49. The summed E-state index contributed by atoms with van der Waals surface area (Å²) in [4.78, 5) is 0. The molecule has 140 valence electrons. The summed E-state index contributed by atoms with van der Waals surface area (Å²) in [5, 5.41) is 0. The van der Waals surface area contributed by atoms with Crippen LogP contribution < -0.4 is 0 Å². The zero-order valence-electron chi connectivity index (χ0n) is 17.4. The molecule has 2 saturated carbocycles. The van der Waals surface area contributed by atoms with Crippen LogP contribution in [0.2, 0.25) is 0 Å². The smallest absolute Gasteiger partial charge is 0.00423 e. The maximum Gasteiger partial charge on any atom is -0.00423 e. The highest BCUT2D eigenvalue weighted by Gasteiger charge is 2.55. The molecule has 0 aromatic carbocycles. The van der Waals surface area contributed by atoms with Gasteiger partial charge in [-0.05, 0) is 91.8 Å². The monoisotopic (exact) mass is 340 g/mol. The Hall–Kier alpha value is -0.520. The van der Waals surface area contributed by atoms with Crippen molar-refractivity contribution in [3.05, 3.63) is 23.3 Å². The van der Waals surface area contributed by atoms with E-state index in [0.29, 0.717) is 10.8 Å². The van der Waals surface area contributed by atoms with Gasteiger partial charge in [0.25, 0.3) is 0 Å². The van der Waals surface area contributed by atoms with Gasteiger partial charge >= 0.3 is 0 Å². The molecular weight excluding hydrogens is 300 g/mol. The van der Waals surface area contributed by atoms with Crippen LogP contribution in [0, 0.1) is 40.4 Å². The van der Waals surface area contributed by atoms with Crippen molar-refractivity contribution in [3.63, 3.8) is 0 Å². The SMILES string of the molecule is CCC[C@@H](C)C1=CC[C@H]2[C@@H]3CC[C@@H]4C[C@H](C)CC[C@]4(C)C3=CC[C@]12C. The second kappa shape index (κ2) is 6.28. The van der Waals surface area contributed by atoms with Gasteiger partial charge in [0.05, 0.1) is 0 Å². The second-order valence-corrected chi connectivity index (χ2v) is 10.7. The molecule has 25 heavy (non-hydrogen) atoms. The summed E-state index contributed by atoms with van der Waals surface area (Å²) in [7, 11) is 0. The van der Waals surface area contributed by atoms with Gasteiger partial charge in [0.1, 0.15) is 0 Å². The van der Waals surface area contributed by atoms with Gasteiger partial charge in [0.2, 0.25) is 0 Å². The first-order chi connectivity index (χ1) is 11.9. The molecule has 0 aliphatic heterocycles. The second-order valence-electron chi connectivity index (χ2n) is 10.7. The average Bonchev–Trinajstić information content (AvgIpc) is 2.93. The van der Waals surface area contributed by atoms with Gasteiger partial charge in [-0.3, -0.25) is 0 Å². The summed E-state index contributed by atoms with van der Waals surface area (Å²) >= 11 is 0. The number of hydrogen-bond acceptors (Lipinski definition) is 0. The topological polar surface area (TPSA) is 0 Å². The van der Waals surface area contributed by atoms with Gasteiger partial charge in [-0.15, -0.1) is 0 Å². The first-order valence-corrected chi connectivity index (χ1v) is 11.3. The van der Waals surface area contributed by atoms with E-state index in [4.69, 9.17) is 0 Å². The molecule has 0 heterocycles. The molecule has 0 bridgehead atoms. The molecule has 4 aliphatic carbocycles. The summed E-state index contributed by atoms with van der Waals surface area (Å²) in [6.07, 6.45) is 18.2. The number of allylic oxidation sites excluding steroid dienone is 4. The number of rotatable bonds is 3. The van der Waals surface area contributed by atoms with Crippen LogP contribution in [0.5, 0.6) is 0 Å². The summed E-state index contributed by atoms with van der Waals surface area (Å²) < 4.78 is 0. The van der Waals surface area contributed by atoms with E-state index in [0.717, 1.165) is 29.6 Å². The van der Waals surface area contributed by atoms with Crippen molar-refractivity contribution in [1.82, 2.24) is 0 Å². The van der Waals surface area contributed by atoms with E-state index in [2.05, 4.69) is 46.8 Å². The molecule has 0 aromatic rings. The maximum absolute atomic E-state index is 2.77. The van der Waals surface area contributed by atoms with Crippen molar-refractivity contribution in [2.45, 2.75) is 92.4 Å². The van der Waals surface area contributed by atoms with Gasteiger partial charge < -0.3 is 0 Å². The van der Waals surface area contributed by atoms with E-state index < -0.39 is 0 Å². The Morgan fingerprint density at radius 2 is 1.92 bits per heavy atom. The van der Waals surface area contributed by atoms with E-state index in [1.165, 1.54) is 57.8 Å². The molecule has 4 rings (SSSR count). The number of hydrogen-bond donors (Lipinski definition) is 0. The first kappa shape index (κ1) is 17.9. The lowest BCUT2D eigenvalue weighted by atomic mass is 9.48. The Labute approximate surface area is 156 Å². The summed E-state index contributed by atoms with van der Waals surface area (Å²) in [6, 6.07) is 0. The third-order valence-electron chi connectivity index (χ3n) is 9.18. The molecule has 0 spiro atoms. The van der Waals surface area contributed by atoms with E-state index in [-0.39, 0.29) is 0 Å². The molecule has 0 aromatic heterocycles. The van der Waals surface area contributed by atoms with Crippen molar-refractivity contribution in [2.75, 3.05) is 0 Å². The lowest BCUT2D eigenvalue weighted by molar-refractivity contribution is 0.0321. The van der Waals surface area contributed by atoms with Crippen LogP contribution in [0.15, 0.2) is 23.3 Å². The van der Waals surface area contributed by atoms with Crippen molar-refractivity contribution in [3.8, 4) is 0 Å². The van der Waals surface area contributed by atoms with Gasteiger partial charge in [-0.2, -0.15) is 0 Å². The molecule has 4 aliphatic rings. The standard InChI is InChI=1S/C25H40/c1-6-7-18(3)21-10-11-22-20-9-8-19-16-17(2)12-14-24(19,4)23(20)13-15-25(21,22)5/h10,13,17-20,22H,6-9,11-12,14-16H2,1-5H3/t17-,18-,19-,20+,22+,24+,25-/m1/s1. The minimum absolute atomic E-state index is 0.466. The van der Waals surface area contributed by atoms with E-state index in [9.17, 15) is 0 Å². The molecule has 7 atom stereocenters. The Bertz CT molecular complexity index is 581. The minimum Gasteiger partial charge on any atom is -0.0842 e. The van der Waals surface area contributed by atoms with Crippen LogP contribution in [0.1, 0.15) is 92.4 Å². The highest BCUT2D eigenvalue weighted by Crippen LogP contribution is 2.65. The summed E-state index contributed by atoms with van der Waals surface area (Å²) in [6.45, 7) is 12.6. The summed E-state index contributed by atoms with van der Waals surface area (Å²) in [5.74, 6) is 4.50. The molecule has 0 radical (unpaired) electrons. The van der Waals surface area contributed by atoms with Crippen LogP contribution in [-0.2, 0) is 0 Å². The Balaban J connectivity index is 1.63. The van der Waals surface area contributed by atoms with Gasteiger partial charge in [-0.1, -0.05) is 64.3 Å². The average molecular weight is 341 g/mol. The normalized spacial score (nSPS) is 47.2. The van der Waals surface area contributed by atoms with E-state index in [1.807, 2.05) is 11.1 Å². The fourth-order valence-corrected chi connectivity index (χ4v) is 7.71. The fourth-order valence-electron chi connectivity index (χ4n) is 7.71. The highest BCUT2D eigenvalue weighted by molar-refractivity contribution is 5.35. The first-order valence-electron chi connectivity index (χ1n) is 11.3. The third kappa shape index (κ3) is 2.61. The Morgan fingerprint density at radius 3 is 2.68 bits per heavy atom. The maximum atomic E-state index is 2.77. The van der Waals surface area contributed by atoms with Crippen molar-refractivity contribution in [1.29, 1.82) is 0 Å². The van der Waals surface area contributed by atoms with Gasteiger partial charge in [0, 0.05) is 0 Å². The largest absolute Gasteiger partial charge is 0.0842 e. The minimum atomic E-state index is 0.466. The Morgan fingerprint density at radius 1 is 1.12 bits per heavy atom. The molecular formula is C25H40. The highest BCUT2D eigenvalue weighted by atomic mass is 14.6. The zero-order chi connectivity index (χ0) is 17.8. The van der Waals surface area contributed by atoms with E-state index in [1.54, 1.807) is 0 Å². The predicted molar refractivity (Wildman–Crippen MR) is 108 cm³/mol. The number of fused-ring (bicyclic) bond motifs is 5. The van der Waals surface area contributed by atoms with Gasteiger partial charge in [-0.25, -0.2) is 0 Å².